The first kappa shape index (κ1) is 22.9. The Morgan fingerprint density at radius 2 is 2.00 bits per heavy atom. The normalized spacial score (nSPS) is 19.0. The van der Waals surface area contributed by atoms with Crippen LogP contribution in [0.1, 0.15) is 28.2 Å². The van der Waals surface area contributed by atoms with E-state index in [0.29, 0.717) is 12.0 Å². The molecule has 1 atom stereocenters. The molecule has 0 radical (unpaired) electrons. The van der Waals surface area contributed by atoms with Crippen LogP contribution in [0.2, 0.25) is 5.02 Å². The number of hydrogen-bond donors (Lipinski definition) is 1. The molecule has 0 saturated heterocycles. The van der Waals surface area contributed by atoms with Gasteiger partial charge in [0.15, 0.2) is 0 Å². The number of allylic oxidation sites excluding steroid dienone is 4. The van der Waals surface area contributed by atoms with Crippen LogP contribution in [0.4, 0.5) is 22.0 Å². The van der Waals surface area contributed by atoms with E-state index in [9.17, 15) is 26.7 Å². The van der Waals surface area contributed by atoms with Gasteiger partial charge in [-0.25, -0.2) is 9.67 Å². The van der Waals surface area contributed by atoms with Crippen molar-refractivity contribution in [1.82, 2.24) is 14.8 Å². The number of hydrogen-bond acceptors (Lipinski definition) is 4. The fourth-order valence-corrected chi connectivity index (χ4v) is 3.19. The molecule has 1 aliphatic rings. The Hall–Kier alpha value is -2.79. The van der Waals surface area contributed by atoms with Crippen LogP contribution in [-0.4, -0.2) is 39.4 Å². The molecule has 1 unspecified atom stereocenters. The Bertz CT molecular complexity index is 1030. The summed E-state index contributed by atoms with van der Waals surface area (Å²) in [5.74, 6) is -6.00. The summed E-state index contributed by atoms with van der Waals surface area (Å²) in [5.41, 5.74) is 5.04. The van der Waals surface area contributed by atoms with E-state index in [0.717, 1.165) is 0 Å². The number of alkyl halides is 5. The van der Waals surface area contributed by atoms with Gasteiger partial charge in [-0.2, -0.15) is 22.0 Å². The second-order valence-corrected chi connectivity index (χ2v) is 7.20. The fourth-order valence-electron chi connectivity index (χ4n) is 3.02. The Labute approximate surface area is 178 Å². The standard InChI is InChI=1S/C19H16ClF5N4O2/c20-14-5-4-13(8-12(14)9-31-10-18(21,22)19(23,24)25)17(6-2-1-3-7-17)29-11-27-16(28-29)15(26)30/h1-6,8,11H,7,9-10H2,(H2,26,30). The third kappa shape index (κ3) is 4.62. The molecule has 3 rings (SSSR count). The number of nitrogens with two attached hydrogens (primary N) is 1. The van der Waals surface area contributed by atoms with E-state index in [-0.39, 0.29) is 16.4 Å². The number of carbonyl (C=O) groups is 1. The molecule has 6 nitrogen and oxygen atoms in total. The summed E-state index contributed by atoms with van der Waals surface area (Å²) in [4.78, 5) is 15.3. The van der Waals surface area contributed by atoms with Crippen LogP contribution in [0.5, 0.6) is 0 Å². The van der Waals surface area contributed by atoms with E-state index >= 15 is 0 Å². The summed E-state index contributed by atoms with van der Waals surface area (Å²) in [7, 11) is 0. The molecule has 0 fully saturated rings. The average Bonchev–Trinajstić information content (AvgIpc) is 3.20. The molecule has 1 amide bonds. The molecule has 2 aromatic rings. The molecular weight excluding hydrogens is 447 g/mol. The molecule has 1 heterocycles. The van der Waals surface area contributed by atoms with Crippen molar-refractivity contribution < 1.29 is 31.5 Å². The molecule has 0 aliphatic heterocycles. The third-order valence-electron chi connectivity index (χ3n) is 4.67. The number of nitrogens with zero attached hydrogens (tertiary/aromatic N) is 3. The molecule has 0 spiro atoms. The van der Waals surface area contributed by atoms with Crippen LogP contribution in [0, 0.1) is 0 Å². The third-order valence-corrected chi connectivity index (χ3v) is 5.04. The minimum absolute atomic E-state index is 0.126. The van der Waals surface area contributed by atoms with Gasteiger partial charge in [0.25, 0.3) is 5.91 Å². The van der Waals surface area contributed by atoms with Crippen LogP contribution in [0.3, 0.4) is 0 Å². The monoisotopic (exact) mass is 462 g/mol. The highest BCUT2D eigenvalue weighted by Gasteiger charge is 2.57. The largest absolute Gasteiger partial charge is 0.455 e. The zero-order valence-corrected chi connectivity index (χ0v) is 16.5. The maximum absolute atomic E-state index is 13.1. The highest BCUT2D eigenvalue weighted by Crippen LogP contribution is 2.37. The van der Waals surface area contributed by atoms with Gasteiger partial charge < -0.3 is 10.5 Å². The van der Waals surface area contributed by atoms with E-state index in [1.807, 2.05) is 6.08 Å². The van der Waals surface area contributed by atoms with Gasteiger partial charge in [0, 0.05) is 5.02 Å². The summed E-state index contributed by atoms with van der Waals surface area (Å²) >= 11 is 6.09. The van der Waals surface area contributed by atoms with Crippen molar-refractivity contribution in [3.63, 3.8) is 0 Å². The zero-order valence-electron chi connectivity index (χ0n) is 15.7. The van der Waals surface area contributed by atoms with Crippen LogP contribution < -0.4 is 5.73 Å². The molecule has 31 heavy (non-hydrogen) atoms. The van der Waals surface area contributed by atoms with Gasteiger partial charge in [-0.05, 0) is 29.7 Å². The summed E-state index contributed by atoms with van der Waals surface area (Å²) in [6.45, 7) is -2.41. The average molecular weight is 463 g/mol. The number of halogens is 6. The topological polar surface area (TPSA) is 83.0 Å². The van der Waals surface area contributed by atoms with E-state index in [1.54, 1.807) is 24.3 Å². The minimum atomic E-state index is -5.72. The molecule has 0 saturated carbocycles. The molecule has 12 heteroatoms. The number of primary amides is 1. The van der Waals surface area contributed by atoms with Crippen LogP contribution in [-0.2, 0) is 16.9 Å². The SMILES string of the molecule is NC(=O)c1ncn(C2(c3ccc(Cl)c(COCC(F)(F)C(F)(F)F)c3)C=CC=CC2)n1. The lowest BCUT2D eigenvalue weighted by Gasteiger charge is -2.32. The number of rotatable bonds is 7. The highest BCUT2D eigenvalue weighted by atomic mass is 35.5. The first-order valence-corrected chi connectivity index (χ1v) is 9.21. The first-order chi connectivity index (χ1) is 14.5. The predicted octanol–water partition coefficient (Wildman–Crippen LogP) is 4.00. The van der Waals surface area contributed by atoms with Gasteiger partial charge in [0.1, 0.15) is 18.5 Å². The number of carbonyl (C=O) groups excluding carboxylic acids is 1. The van der Waals surface area contributed by atoms with Crippen LogP contribution >= 0.6 is 11.6 Å². The second kappa shape index (κ2) is 8.39. The van der Waals surface area contributed by atoms with Crippen molar-refractivity contribution in [3.05, 3.63) is 70.8 Å². The number of amides is 1. The summed E-state index contributed by atoms with van der Waals surface area (Å²) in [6.07, 6.45) is 3.14. The van der Waals surface area contributed by atoms with E-state index in [4.69, 9.17) is 17.3 Å². The number of aromatic nitrogens is 3. The predicted molar refractivity (Wildman–Crippen MR) is 101 cm³/mol. The van der Waals surface area contributed by atoms with Crippen LogP contribution in [0.15, 0.2) is 48.8 Å². The number of ether oxygens (including phenoxy) is 1. The molecule has 1 aromatic heterocycles. The van der Waals surface area contributed by atoms with Crippen molar-refractivity contribution in [2.45, 2.75) is 30.7 Å². The minimum Gasteiger partial charge on any atom is -0.370 e. The van der Waals surface area contributed by atoms with Gasteiger partial charge in [-0.3, -0.25) is 4.79 Å². The quantitative estimate of drug-likeness (QED) is 0.630. The van der Waals surface area contributed by atoms with Crippen molar-refractivity contribution in [2.75, 3.05) is 6.61 Å². The van der Waals surface area contributed by atoms with Gasteiger partial charge in [0.2, 0.25) is 5.82 Å². The summed E-state index contributed by atoms with van der Waals surface area (Å²) < 4.78 is 69.2. The second-order valence-electron chi connectivity index (χ2n) is 6.79. The van der Waals surface area contributed by atoms with Gasteiger partial charge in [-0.1, -0.05) is 42.0 Å². The lowest BCUT2D eigenvalue weighted by Crippen LogP contribution is -2.40. The van der Waals surface area contributed by atoms with Gasteiger partial charge in [-0.15, -0.1) is 5.10 Å². The van der Waals surface area contributed by atoms with Crippen molar-refractivity contribution >= 4 is 17.5 Å². The van der Waals surface area contributed by atoms with E-state index in [1.165, 1.54) is 23.1 Å². The molecule has 1 aromatic carbocycles. The summed E-state index contributed by atoms with van der Waals surface area (Å²) in [5, 5.41) is 4.24. The molecular formula is C19H16ClF5N4O2. The van der Waals surface area contributed by atoms with Gasteiger partial charge >= 0.3 is 12.1 Å². The Morgan fingerprint density at radius 3 is 2.58 bits per heavy atom. The number of benzene rings is 1. The molecule has 0 bridgehead atoms. The maximum atomic E-state index is 13.1. The molecule has 2 N–H and O–H groups in total. The van der Waals surface area contributed by atoms with Crippen molar-refractivity contribution in [1.29, 1.82) is 0 Å². The van der Waals surface area contributed by atoms with Gasteiger partial charge in [0.05, 0.1) is 6.61 Å². The first-order valence-electron chi connectivity index (χ1n) is 8.84. The lowest BCUT2D eigenvalue weighted by molar-refractivity contribution is -0.297. The van der Waals surface area contributed by atoms with Crippen LogP contribution in [0.25, 0.3) is 0 Å². The fraction of sp³-hybridized carbons (Fsp3) is 0.316. The van der Waals surface area contributed by atoms with E-state index in [2.05, 4.69) is 14.8 Å². The smallest absolute Gasteiger partial charge is 0.370 e. The molecule has 166 valence electrons. The maximum Gasteiger partial charge on any atom is 0.455 e. The summed E-state index contributed by atoms with van der Waals surface area (Å²) in [6, 6.07) is 4.63. The Kier molecular flexibility index (Phi) is 6.19. The zero-order chi connectivity index (χ0) is 22.9. The van der Waals surface area contributed by atoms with Crippen molar-refractivity contribution in [2.24, 2.45) is 5.73 Å². The Balaban J connectivity index is 1.91. The lowest BCUT2D eigenvalue weighted by atomic mass is 9.83. The molecule has 1 aliphatic carbocycles. The van der Waals surface area contributed by atoms with E-state index < -0.39 is 36.8 Å². The van der Waals surface area contributed by atoms with Crippen molar-refractivity contribution in [3.8, 4) is 0 Å². The highest BCUT2D eigenvalue weighted by molar-refractivity contribution is 6.31. The Morgan fingerprint density at radius 1 is 1.26 bits per heavy atom.